The Morgan fingerprint density at radius 3 is 2.09 bits per heavy atom. The first kappa shape index (κ1) is 40.4. The predicted octanol–water partition coefficient (Wildman–Crippen LogP) is 7.86. The fourth-order valence-corrected chi connectivity index (χ4v) is 6.82. The molecule has 3 N–H and O–H groups in total. The number of anilines is 1. The lowest BCUT2D eigenvalue weighted by molar-refractivity contribution is -0.157. The van der Waals surface area contributed by atoms with Gasteiger partial charge in [-0.2, -0.15) is 0 Å². The van der Waals surface area contributed by atoms with Crippen molar-refractivity contribution in [3.05, 3.63) is 131 Å². The van der Waals surface area contributed by atoms with E-state index in [2.05, 4.69) is 10.6 Å². The van der Waals surface area contributed by atoms with Gasteiger partial charge in [0.2, 0.25) is 5.91 Å². The molecule has 290 valence electrons. The van der Waals surface area contributed by atoms with Gasteiger partial charge in [-0.1, -0.05) is 86.6 Å². The Hall–Kier alpha value is -5.78. The second-order valence-corrected chi connectivity index (χ2v) is 15.1. The number of para-hydroxylation sites is 2. The van der Waals surface area contributed by atoms with Crippen LogP contribution < -0.4 is 15.4 Å². The van der Waals surface area contributed by atoms with Crippen LogP contribution in [-0.4, -0.2) is 51.6 Å². The average molecular weight is 756 g/mol. The number of fused-ring (bicyclic) bond motifs is 1. The fourth-order valence-electron chi connectivity index (χ4n) is 6.82. The van der Waals surface area contributed by atoms with E-state index in [4.69, 9.17) is 9.47 Å². The zero-order valence-electron chi connectivity index (χ0n) is 31.6. The molecule has 5 rings (SSSR count). The SMILES string of the molecule is CC(C)C[C@H](C(=O)O)N(C(=O)[C@H](NC(=O)OC(C)(C)C)C1Cc2ccccc2C1)[C@H](C(=O)Nc1ccccc1OCc1ccccc1)c1ccc(F)cc1F. The Kier molecular flexibility index (Phi) is 12.9. The largest absolute Gasteiger partial charge is 0.487 e. The number of hydrogen-bond acceptors (Lipinski definition) is 6. The molecule has 0 radical (unpaired) electrons. The Morgan fingerprint density at radius 1 is 0.873 bits per heavy atom. The number of carbonyl (C=O) groups excluding carboxylic acids is 3. The maximum atomic E-state index is 16.0. The quantitative estimate of drug-likeness (QED) is 0.119. The van der Waals surface area contributed by atoms with E-state index in [0.29, 0.717) is 18.9 Å². The number of hydrogen-bond donors (Lipinski definition) is 3. The number of rotatable bonds is 14. The Morgan fingerprint density at radius 2 is 1.49 bits per heavy atom. The van der Waals surface area contributed by atoms with E-state index in [-0.39, 0.29) is 30.4 Å². The molecule has 3 atom stereocenters. The summed E-state index contributed by atoms with van der Waals surface area (Å²) in [6.45, 7) is 8.61. The predicted molar refractivity (Wildman–Crippen MR) is 203 cm³/mol. The van der Waals surface area contributed by atoms with E-state index in [1.807, 2.05) is 54.6 Å². The zero-order valence-corrected chi connectivity index (χ0v) is 31.6. The number of nitrogens with one attached hydrogen (secondary N) is 2. The van der Waals surface area contributed by atoms with E-state index in [0.717, 1.165) is 33.7 Å². The highest BCUT2D eigenvalue weighted by atomic mass is 19.1. The molecule has 1 aliphatic carbocycles. The maximum absolute atomic E-state index is 16.0. The van der Waals surface area contributed by atoms with Gasteiger partial charge in [0.25, 0.3) is 5.91 Å². The zero-order chi connectivity index (χ0) is 39.9. The van der Waals surface area contributed by atoms with Crippen molar-refractivity contribution in [3.8, 4) is 5.75 Å². The van der Waals surface area contributed by atoms with Crippen molar-refractivity contribution in [3.63, 3.8) is 0 Å². The molecule has 1 aliphatic rings. The molecule has 0 aliphatic heterocycles. The summed E-state index contributed by atoms with van der Waals surface area (Å²) >= 11 is 0. The number of alkyl carbamates (subject to hydrolysis) is 1. The standard InChI is InChI=1S/C43H47F2N3O7/c1-26(2)21-35(41(51)52)48(40(50)37(47-42(53)55-43(3,4)5)30-22-28-15-9-10-16-29(28)23-30)38(32-20-19-31(44)24-33(32)45)39(49)46-34-17-11-12-18-36(34)54-25-27-13-7-6-8-14-27/h6-20,24,26,30,35,37-38H,21-23,25H2,1-5H3,(H,46,49)(H,47,53)(H,51,52)/t35-,37-,38+/m1/s1. The summed E-state index contributed by atoms with van der Waals surface area (Å²) in [6.07, 6.45) is -0.400. The molecule has 10 nitrogen and oxygen atoms in total. The van der Waals surface area contributed by atoms with E-state index in [1.165, 1.54) is 0 Å². The number of carbonyl (C=O) groups is 4. The Bertz CT molecular complexity index is 1970. The van der Waals surface area contributed by atoms with Crippen molar-refractivity contribution in [2.24, 2.45) is 11.8 Å². The van der Waals surface area contributed by atoms with E-state index < -0.39 is 70.7 Å². The number of carboxylic acid groups (broad SMARTS) is 1. The van der Waals surface area contributed by atoms with Crippen molar-refractivity contribution < 1.29 is 42.5 Å². The summed E-state index contributed by atoms with van der Waals surface area (Å²) < 4.78 is 42.0. The molecular weight excluding hydrogens is 708 g/mol. The van der Waals surface area contributed by atoms with E-state index in [9.17, 15) is 23.9 Å². The molecule has 0 aromatic heterocycles. The van der Waals surface area contributed by atoms with Crippen molar-refractivity contribution in [1.29, 1.82) is 0 Å². The van der Waals surface area contributed by atoms with Gasteiger partial charge < -0.3 is 30.1 Å². The molecule has 0 unspecified atom stereocenters. The topological polar surface area (TPSA) is 134 Å². The monoisotopic (exact) mass is 755 g/mol. The summed E-state index contributed by atoms with van der Waals surface area (Å²) in [5, 5.41) is 16.2. The van der Waals surface area contributed by atoms with E-state index >= 15 is 9.18 Å². The minimum atomic E-state index is -1.96. The van der Waals surface area contributed by atoms with Crippen LogP contribution in [0.5, 0.6) is 5.75 Å². The van der Waals surface area contributed by atoms with Crippen LogP contribution in [0.1, 0.15) is 69.3 Å². The van der Waals surface area contributed by atoms with Crippen LogP contribution in [0.25, 0.3) is 0 Å². The number of nitrogens with zero attached hydrogens (tertiary/aromatic N) is 1. The second-order valence-electron chi connectivity index (χ2n) is 15.1. The average Bonchev–Trinajstić information content (AvgIpc) is 3.55. The first-order valence-electron chi connectivity index (χ1n) is 18.2. The minimum Gasteiger partial charge on any atom is -0.487 e. The Labute approximate surface area is 319 Å². The molecule has 4 aromatic carbocycles. The van der Waals surface area contributed by atoms with Crippen LogP contribution in [0.15, 0.2) is 97.1 Å². The van der Waals surface area contributed by atoms with Gasteiger partial charge in [0.15, 0.2) is 0 Å². The molecule has 0 saturated carbocycles. The van der Waals surface area contributed by atoms with Crippen molar-refractivity contribution in [2.45, 2.75) is 84.2 Å². The summed E-state index contributed by atoms with van der Waals surface area (Å²) in [4.78, 5) is 57.5. The van der Waals surface area contributed by atoms with Crippen LogP contribution in [0.3, 0.4) is 0 Å². The number of benzene rings is 4. The maximum Gasteiger partial charge on any atom is 0.408 e. The van der Waals surface area contributed by atoms with Crippen molar-refractivity contribution >= 4 is 29.6 Å². The van der Waals surface area contributed by atoms with Gasteiger partial charge in [-0.25, -0.2) is 18.4 Å². The molecule has 0 bridgehead atoms. The summed E-state index contributed by atoms with van der Waals surface area (Å²) in [6, 6.07) is 20.8. The molecule has 4 aromatic rings. The van der Waals surface area contributed by atoms with Gasteiger partial charge in [0, 0.05) is 11.6 Å². The van der Waals surface area contributed by atoms with Crippen LogP contribution >= 0.6 is 0 Å². The number of amides is 3. The number of aliphatic carboxylic acids is 1. The Balaban J connectivity index is 1.63. The van der Waals surface area contributed by atoms with Gasteiger partial charge in [-0.05, 0) is 86.8 Å². The van der Waals surface area contributed by atoms with Gasteiger partial charge in [-0.3, -0.25) is 9.59 Å². The molecule has 55 heavy (non-hydrogen) atoms. The third-order valence-electron chi connectivity index (χ3n) is 9.23. The molecule has 12 heteroatoms. The second kappa shape index (κ2) is 17.6. The number of carboxylic acids is 1. The summed E-state index contributed by atoms with van der Waals surface area (Å²) in [7, 11) is 0. The smallest absolute Gasteiger partial charge is 0.408 e. The molecule has 0 saturated heterocycles. The van der Waals surface area contributed by atoms with Crippen LogP contribution in [0.2, 0.25) is 0 Å². The van der Waals surface area contributed by atoms with Crippen LogP contribution in [-0.2, 0) is 38.6 Å². The molecule has 0 spiro atoms. The first-order valence-corrected chi connectivity index (χ1v) is 18.2. The number of ether oxygens (including phenoxy) is 2. The van der Waals surface area contributed by atoms with Crippen molar-refractivity contribution in [1.82, 2.24) is 10.2 Å². The van der Waals surface area contributed by atoms with Gasteiger partial charge >= 0.3 is 12.1 Å². The molecule has 0 heterocycles. The minimum absolute atomic E-state index is 0.144. The fraction of sp³-hybridized carbons (Fsp3) is 0.349. The first-order chi connectivity index (χ1) is 26.1. The van der Waals surface area contributed by atoms with E-state index in [1.54, 1.807) is 58.9 Å². The third-order valence-corrected chi connectivity index (χ3v) is 9.23. The lowest BCUT2D eigenvalue weighted by Gasteiger charge is -2.39. The van der Waals surface area contributed by atoms with Crippen LogP contribution in [0, 0.1) is 23.5 Å². The number of halogens is 2. The normalized spacial score (nSPS) is 14.3. The summed E-state index contributed by atoms with van der Waals surface area (Å²) in [5.41, 5.74) is 1.48. The highest BCUT2D eigenvalue weighted by Crippen LogP contribution is 2.36. The highest BCUT2D eigenvalue weighted by molar-refractivity contribution is 6.01. The van der Waals surface area contributed by atoms with Gasteiger partial charge in [0.1, 0.15) is 47.7 Å². The molecular formula is C43H47F2N3O7. The van der Waals surface area contributed by atoms with Crippen LogP contribution in [0.4, 0.5) is 19.3 Å². The van der Waals surface area contributed by atoms with Crippen molar-refractivity contribution in [2.75, 3.05) is 5.32 Å². The highest BCUT2D eigenvalue weighted by Gasteiger charge is 2.47. The molecule has 3 amide bonds. The third kappa shape index (κ3) is 10.5. The van der Waals surface area contributed by atoms with Gasteiger partial charge in [-0.15, -0.1) is 0 Å². The lowest BCUT2D eigenvalue weighted by Crippen LogP contribution is -2.59. The lowest BCUT2D eigenvalue weighted by atomic mass is 9.91. The molecule has 0 fully saturated rings. The van der Waals surface area contributed by atoms with Gasteiger partial charge in [0.05, 0.1) is 5.69 Å². The summed E-state index contributed by atoms with van der Waals surface area (Å²) in [5.74, 6) is -6.18.